The number of hydrogen-bond donors (Lipinski definition) is 2. The molecule has 0 unspecified atom stereocenters. The lowest BCUT2D eigenvalue weighted by Gasteiger charge is -2.11. The van der Waals surface area contributed by atoms with E-state index in [1.807, 2.05) is 36.0 Å². The molecular formula is C24H21FN6O2S. The average Bonchev–Trinajstić information content (AvgIpc) is 3.45. The number of halogens is 1. The fraction of sp³-hybridized carbons (Fsp3) is 0.125. The van der Waals surface area contributed by atoms with Crippen LogP contribution >= 0.6 is 0 Å². The monoisotopic (exact) mass is 476 g/mol. The molecule has 0 aliphatic carbocycles. The largest absolute Gasteiger partial charge is 0.283 e. The van der Waals surface area contributed by atoms with Crippen LogP contribution in [0.1, 0.15) is 5.69 Å². The van der Waals surface area contributed by atoms with E-state index in [-0.39, 0.29) is 12.4 Å². The van der Waals surface area contributed by atoms with Crippen molar-refractivity contribution in [3.63, 3.8) is 0 Å². The molecule has 1 N–H and O–H groups in total. The third kappa shape index (κ3) is 4.45. The Balaban J connectivity index is 1.59. The lowest BCUT2D eigenvalue weighted by molar-refractivity contribution is 0.601. The van der Waals surface area contributed by atoms with Gasteiger partial charge in [0, 0.05) is 43.0 Å². The van der Waals surface area contributed by atoms with Crippen molar-refractivity contribution >= 4 is 21.9 Å². The molecule has 0 saturated heterocycles. The first-order valence-electron chi connectivity index (χ1n) is 10.6. The van der Waals surface area contributed by atoms with Gasteiger partial charge in [-0.05, 0) is 41.5 Å². The van der Waals surface area contributed by atoms with Crippen molar-refractivity contribution in [2.24, 2.45) is 7.05 Å². The molecule has 5 rings (SSSR count). The zero-order valence-corrected chi connectivity index (χ0v) is 19.1. The predicted octanol–water partition coefficient (Wildman–Crippen LogP) is 3.29. The van der Waals surface area contributed by atoms with Gasteiger partial charge in [0.1, 0.15) is 18.0 Å². The van der Waals surface area contributed by atoms with E-state index in [0.717, 1.165) is 22.2 Å². The first-order valence-corrected chi connectivity index (χ1v) is 11.8. The number of hydrogen-bond acceptors (Lipinski definition) is 5. The van der Waals surface area contributed by atoms with Crippen molar-refractivity contribution < 1.29 is 12.8 Å². The summed E-state index contributed by atoms with van der Waals surface area (Å²) < 4.78 is 42.3. The van der Waals surface area contributed by atoms with Gasteiger partial charge in [0.05, 0.1) is 17.2 Å². The van der Waals surface area contributed by atoms with E-state index in [4.69, 9.17) is 4.98 Å². The van der Waals surface area contributed by atoms with Crippen LogP contribution in [0, 0.1) is 5.82 Å². The molecule has 2 aromatic carbocycles. The molecule has 8 nitrogen and oxygen atoms in total. The summed E-state index contributed by atoms with van der Waals surface area (Å²) in [5.41, 5.74) is 5.34. The molecule has 172 valence electrons. The molecule has 0 spiro atoms. The van der Waals surface area contributed by atoms with Crippen LogP contribution in [-0.4, -0.2) is 39.3 Å². The second-order valence-electron chi connectivity index (χ2n) is 7.82. The molecule has 0 atom stereocenters. The van der Waals surface area contributed by atoms with E-state index in [2.05, 4.69) is 14.8 Å². The number of thiol groups is 1. The van der Waals surface area contributed by atoms with Gasteiger partial charge in [-0.1, -0.05) is 24.3 Å². The number of benzene rings is 2. The number of nitrogens with zero attached hydrogens (tertiary/aromatic N) is 5. The first kappa shape index (κ1) is 21.9. The van der Waals surface area contributed by atoms with Crippen molar-refractivity contribution in [2.45, 2.75) is 6.42 Å². The fourth-order valence-corrected chi connectivity index (χ4v) is 4.19. The summed E-state index contributed by atoms with van der Waals surface area (Å²) in [6.07, 6.45) is 5.78. The SMILES string of the molecule is Cn1cc(-c2ccc3c(c2)ncn3-c2cc(-c3ccccc3F)cc(CCN[SH](=O)=O)n2)cn1. The van der Waals surface area contributed by atoms with Crippen molar-refractivity contribution in [3.8, 4) is 28.1 Å². The van der Waals surface area contributed by atoms with Gasteiger partial charge in [-0.25, -0.2) is 27.5 Å². The summed E-state index contributed by atoms with van der Waals surface area (Å²) in [7, 11) is -0.832. The second kappa shape index (κ2) is 9.16. The summed E-state index contributed by atoms with van der Waals surface area (Å²) in [5.74, 6) is 0.224. The van der Waals surface area contributed by atoms with Crippen LogP contribution in [0.4, 0.5) is 4.39 Å². The van der Waals surface area contributed by atoms with Gasteiger partial charge < -0.3 is 0 Å². The van der Waals surface area contributed by atoms with Gasteiger partial charge in [-0.15, -0.1) is 0 Å². The van der Waals surface area contributed by atoms with E-state index in [1.54, 1.807) is 47.5 Å². The lowest BCUT2D eigenvalue weighted by atomic mass is 10.0. The molecule has 10 heteroatoms. The maximum Gasteiger partial charge on any atom is 0.201 e. The molecule has 0 saturated carbocycles. The topological polar surface area (TPSA) is 94.7 Å². The fourth-order valence-electron chi connectivity index (χ4n) is 3.89. The standard InChI is InChI=1S/C24H21FN6O2S/c1-30-14-18(13-27-30)16-6-7-23-22(11-16)26-15-31(23)24-12-17(20-4-2-3-5-21(20)25)10-19(29-24)8-9-28-34(32)33/h2-7,10-15,34H,8-9H2,1H3,(H,28,32,33). The molecular weight excluding hydrogens is 455 g/mol. The number of fused-ring (bicyclic) bond motifs is 1. The third-order valence-corrected chi connectivity index (χ3v) is 5.99. The summed E-state index contributed by atoms with van der Waals surface area (Å²) in [5, 5.41) is 4.22. The molecule has 3 aromatic heterocycles. The number of imidazole rings is 1. The smallest absolute Gasteiger partial charge is 0.201 e. The zero-order chi connectivity index (χ0) is 23.7. The highest BCUT2D eigenvalue weighted by molar-refractivity contribution is 7.70. The van der Waals surface area contributed by atoms with Gasteiger partial charge in [0.25, 0.3) is 0 Å². The van der Waals surface area contributed by atoms with E-state index in [9.17, 15) is 12.8 Å². The van der Waals surface area contributed by atoms with Gasteiger partial charge >= 0.3 is 0 Å². The zero-order valence-electron chi connectivity index (χ0n) is 18.2. The molecule has 0 radical (unpaired) electrons. The minimum atomic E-state index is -2.70. The van der Waals surface area contributed by atoms with Gasteiger partial charge in [-0.3, -0.25) is 9.25 Å². The molecule has 0 bridgehead atoms. The summed E-state index contributed by atoms with van der Waals surface area (Å²) in [6.45, 7) is 0.199. The van der Waals surface area contributed by atoms with Crippen molar-refractivity contribution in [2.75, 3.05) is 6.54 Å². The van der Waals surface area contributed by atoms with E-state index < -0.39 is 10.9 Å². The lowest BCUT2D eigenvalue weighted by Crippen LogP contribution is -2.15. The van der Waals surface area contributed by atoms with Crippen molar-refractivity contribution in [3.05, 3.63) is 84.8 Å². The van der Waals surface area contributed by atoms with E-state index >= 15 is 0 Å². The normalized spacial score (nSPS) is 11.5. The maximum atomic E-state index is 14.6. The molecule has 34 heavy (non-hydrogen) atoms. The molecule has 0 fully saturated rings. The number of nitrogens with one attached hydrogen (secondary N) is 1. The highest BCUT2D eigenvalue weighted by atomic mass is 32.2. The summed E-state index contributed by atoms with van der Waals surface area (Å²) >= 11 is 0. The van der Waals surface area contributed by atoms with Crippen molar-refractivity contribution in [1.29, 1.82) is 0 Å². The Morgan fingerprint density at radius 2 is 1.88 bits per heavy atom. The van der Waals surface area contributed by atoms with Crippen LogP contribution in [0.2, 0.25) is 0 Å². The molecule has 0 aliphatic heterocycles. The number of aromatic nitrogens is 5. The van der Waals surface area contributed by atoms with E-state index in [0.29, 0.717) is 29.1 Å². The van der Waals surface area contributed by atoms with Crippen LogP contribution in [0.3, 0.4) is 0 Å². The molecule has 5 aromatic rings. The average molecular weight is 477 g/mol. The van der Waals surface area contributed by atoms with Gasteiger partial charge in [0.15, 0.2) is 0 Å². The Labute approximate surface area is 196 Å². The number of pyridine rings is 1. The minimum absolute atomic E-state index is 0.199. The quantitative estimate of drug-likeness (QED) is 0.352. The van der Waals surface area contributed by atoms with Crippen LogP contribution in [0.15, 0.2) is 73.3 Å². The highest BCUT2D eigenvalue weighted by Gasteiger charge is 2.13. The summed E-state index contributed by atoms with van der Waals surface area (Å²) in [4.78, 5) is 9.26. The van der Waals surface area contributed by atoms with Crippen LogP contribution in [0.25, 0.3) is 39.1 Å². The Morgan fingerprint density at radius 1 is 1.03 bits per heavy atom. The predicted molar refractivity (Wildman–Crippen MR) is 128 cm³/mol. The Hall–Kier alpha value is -3.89. The summed E-state index contributed by atoms with van der Waals surface area (Å²) in [6, 6.07) is 16.1. The van der Waals surface area contributed by atoms with Crippen LogP contribution in [0.5, 0.6) is 0 Å². The number of aryl methyl sites for hydroxylation is 1. The Morgan fingerprint density at radius 3 is 2.65 bits per heavy atom. The van der Waals surface area contributed by atoms with Crippen LogP contribution < -0.4 is 4.72 Å². The second-order valence-corrected chi connectivity index (χ2v) is 8.65. The highest BCUT2D eigenvalue weighted by Crippen LogP contribution is 2.28. The minimum Gasteiger partial charge on any atom is -0.283 e. The maximum absolute atomic E-state index is 14.6. The van der Waals surface area contributed by atoms with Gasteiger partial charge in [-0.2, -0.15) is 5.10 Å². The van der Waals surface area contributed by atoms with Crippen molar-refractivity contribution in [1.82, 2.24) is 29.0 Å². The Bertz CT molecular complexity index is 1570. The Kier molecular flexibility index (Phi) is 5.91. The number of rotatable bonds is 7. The molecule has 3 heterocycles. The first-order chi connectivity index (χ1) is 16.5. The van der Waals surface area contributed by atoms with Crippen LogP contribution in [-0.2, 0) is 24.4 Å². The third-order valence-electron chi connectivity index (χ3n) is 5.50. The molecule has 0 aliphatic rings. The molecule has 0 amide bonds. The van der Waals surface area contributed by atoms with Gasteiger partial charge in [0.2, 0.25) is 10.9 Å². The van der Waals surface area contributed by atoms with E-state index in [1.165, 1.54) is 6.07 Å².